The topological polar surface area (TPSA) is 114 Å². The van der Waals surface area contributed by atoms with Gasteiger partial charge in [-0.25, -0.2) is 12.8 Å². The summed E-state index contributed by atoms with van der Waals surface area (Å²) in [4.78, 5) is 14.8. The average molecular weight is 388 g/mol. The second-order valence-corrected chi connectivity index (χ2v) is 7.56. The van der Waals surface area contributed by atoms with Crippen molar-refractivity contribution in [2.24, 2.45) is 0 Å². The molecule has 0 radical (unpaired) electrons. The predicted molar refractivity (Wildman–Crippen MR) is 93.9 cm³/mol. The molecule has 1 aliphatic rings. The standard InChI is InChI=1S/C17H13FN4O4S/c18-12-7-13-10(3-4-17(23)20-13)6-15(12)27(24,25)22-16-8-14(26-21-16)11-2-1-5-19-9-11/h1-2,5-9H,3-4H2,(H,20,23)(H,21,22). The number of hydrogen-bond donors (Lipinski definition) is 2. The van der Waals surface area contributed by atoms with Crippen LogP contribution in [0, 0.1) is 5.82 Å². The summed E-state index contributed by atoms with van der Waals surface area (Å²) in [6.45, 7) is 0. The number of sulfonamides is 1. The van der Waals surface area contributed by atoms with Gasteiger partial charge in [0.05, 0.1) is 0 Å². The smallest absolute Gasteiger partial charge is 0.266 e. The lowest BCUT2D eigenvalue weighted by Crippen LogP contribution is -2.21. The number of carbonyl (C=O) groups excluding carboxylic acids is 1. The summed E-state index contributed by atoms with van der Waals surface area (Å²) in [5.41, 5.74) is 1.45. The fourth-order valence-corrected chi connectivity index (χ4v) is 3.84. The summed E-state index contributed by atoms with van der Waals surface area (Å²) in [6.07, 6.45) is 3.67. The van der Waals surface area contributed by atoms with Gasteiger partial charge in [-0.2, -0.15) is 0 Å². The number of carbonyl (C=O) groups is 1. The highest BCUT2D eigenvalue weighted by molar-refractivity contribution is 7.92. The number of pyridine rings is 1. The normalized spacial score (nSPS) is 13.7. The number of anilines is 2. The zero-order valence-electron chi connectivity index (χ0n) is 13.8. The van der Waals surface area contributed by atoms with Crippen molar-refractivity contribution < 1.29 is 22.1 Å². The number of rotatable bonds is 4. The van der Waals surface area contributed by atoms with Crippen LogP contribution in [-0.2, 0) is 21.2 Å². The molecule has 10 heteroatoms. The molecule has 4 rings (SSSR count). The van der Waals surface area contributed by atoms with E-state index in [1.165, 1.54) is 18.3 Å². The molecule has 2 aromatic heterocycles. The molecule has 3 aromatic rings. The van der Waals surface area contributed by atoms with E-state index in [0.717, 1.165) is 6.07 Å². The van der Waals surface area contributed by atoms with E-state index in [4.69, 9.17) is 4.52 Å². The molecule has 138 valence electrons. The van der Waals surface area contributed by atoms with Gasteiger partial charge in [-0.15, -0.1) is 0 Å². The summed E-state index contributed by atoms with van der Waals surface area (Å²) in [7, 11) is -4.24. The lowest BCUT2D eigenvalue weighted by atomic mass is 10.0. The van der Waals surface area contributed by atoms with Gasteiger partial charge in [0.15, 0.2) is 11.6 Å². The van der Waals surface area contributed by atoms with Gasteiger partial charge in [0, 0.05) is 36.1 Å². The van der Waals surface area contributed by atoms with E-state index in [2.05, 4.69) is 20.2 Å². The first-order valence-corrected chi connectivity index (χ1v) is 9.43. The molecule has 2 N–H and O–H groups in total. The van der Waals surface area contributed by atoms with Crippen LogP contribution in [0.5, 0.6) is 0 Å². The molecule has 0 spiro atoms. The predicted octanol–water partition coefficient (Wildman–Crippen LogP) is 2.56. The summed E-state index contributed by atoms with van der Waals surface area (Å²) in [5.74, 6) is -0.978. The molecule has 0 saturated carbocycles. The Bertz CT molecular complexity index is 1130. The second-order valence-electron chi connectivity index (χ2n) is 5.91. The number of fused-ring (bicyclic) bond motifs is 1. The molecule has 0 unspecified atom stereocenters. The van der Waals surface area contributed by atoms with Crippen LogP contribution < -0.4 is 10.0 Å². The quantitative estimate of drug-likeness (QED) is 0.710. The van der Waals surface area contributed by atoms with Crippen LogP contribution >= 0.6 is 0 Å². The maximum atomic E-state index is 14.4. The van der Waals surface area contributed by atoms with Crippen LogP contribution in [0.15, 0.2) is 52.1 Å². The fourth-order valence-electron chi connectivity index (χ4n) is 2.75. The minimum atomic E-state index is -4.24. The number of halogens is 1. The molecule has 1 amide bonds. The van der Waals surface area contributed by atoms with E-state index in [1.807, 2.05) is 0 Å². The largest absolute Gasteiger partial charge is 0.354 e. The van der Waals surface area contributed by atoms with E-state index in [1.54, 1.807) is 18.3 Å². The summed E-state index contributed by atoms with van der Waals surface area (Å²) in [5, 5.41) is 6.18. The van der Waals surface area contributed by atoms with Gasteiger partial charge in [0.1, 0.15) is 10.7 Å². The van der Waals surface area contributed by atoms with E-state index in [-0.39, 0.29) is 23.8 Å². The van der Waals surface area contributed by atoms with Crippen LogP contribution in [0.25, 0.3) is 11.3 Å². The van der Waals surface area contributed by atoms with Gasteiger partial charge in [-0.1, -0.05) is 5.16 Å². The third-order valence-electron chi connectivity index (χ3n) is 4.04. The van der Waals surface area contributed by atoms with Gasteiger partial charge in [-0.05, 0) is 36.2 Å². The summed E-state index contributed by atoms with van der Waals surface area (Å²) in [6, 6.07) is 7.02. The Kier molecular flexibility index (Phi) is 4.11. The van der Waals surface area contributed by atoms with Crippen molar-refractivity contribution in [1.82, 2.24) is 10.1 Å². The molecular weight excluding hydrogens is 375 g/mol. The first kappa shape index (κ1) is 17.2. The minimum absolute atomic E-state index is 0.0840. The van der Waals surface area contributed by atoms with E-state index >= 15 is 0 Å². The highest BCUT2D eigenvalue weighted by Gasteiger charge is 2.25. The molecule has 27 heavy (non-hydrogen) atoms. The van der Waals surface area contributed by atoms with Gasteiger partial charge in [0.2, 0.25) is 5.91 Å². The Morgan fingerprint density at radius 1 is 1.22 bits per heavy atom. The van der Waals surface area contributed by atoms with Crippen LogP contribution in [0.3, 0.4) is 0 Å². The Morgan fingerprint density at radius 2 is 2.07 bits per heavy atom. The Balaban J connectivity index is 1.63. The number of hydrogen-bond acceptors (Lipinski definition) is 6. The van der Waals surface area contributed by atoms with Crippen molar-refractivity contribution >= 4 is 27.4 Å². The number of benzene rings is 1. The zero-order valence-corrected chi connectivity index (χ0v) is 14.6. The van der Waals surface area contributed by atoms with Crippen LogP contribution in [0.2, 0.25) is 0 Å². The highest BCUT2D eigenvalue weighted by atomic mass is 32.2. The molecule has 0 bridgehead atoms. The lowest BCUT2D eigenvalue weighted by Gasteiger charge is -2.18. The fraction of sp³-hybridized carbons (Fsp3) is 0.118. The monoisotopic (exact) mass is 388 g/mol. The molecule has 1 aromatic carbocycles. The first-order valence-electron chi connectivity index (χ1n) is 7.94. The van der Waals surface area contributed by atoms with Gasteiger partial charge in [0.25, 0.3) is 10.0 Å². The number of nitrogens with zero attached hydrogens (tertiary/aromatic N) is 2. The number of amides is 1. The maximum Gasteiger partial charge on any atom is 0.266 e. The highest BCUT2D eigenvalue weighted by Crippen LogP contribution is 2.29. The molecule has 8 nitrogen and oxygen atoms in total. The van der Waals surface area contributed by atoms with Gasteiger partial charge in [-0.3, -0.25) is 14.5 Å². The Morgan fingerprint density at radius 3 is 2.85 bits per heavy atom. The SMILES string of the molecule is O=C1CCc2cc(S(=O)(=O)Nc3cc(-c4cccnc4)on3)c(F)cc2N1. The molecule has 3 heterocycles. The zero-order chi connectivity index (χ0) is 19.0. The van der Waals surface area contributed by atoms with Crippen LogP contribution in [-0.4, -0.2) is 24.5 Å². The number of aryl methyl sites for hydroxylation is 1. The molecule has 0 aliphatic carbocycles. The lowest BCUT2D eigenvalue weighted by molar-refractivity contribution is -0.116. The van der Waals surface area contributed by atoms with Crippen molar-refractivity contribution in [1.29, 1.82) is 0 Å². The first-order chi connectivity index (χ1) is 12.9. The van der Waals surface area contributed by atoms with Crippen molar-refractivity contribution in [3.8, 4) is 11.3 Å². The molecule has 0 saturated heterocycles. The van der Waals surface area contributed by atoms with Gasteiger partial charge >= 0.3 is 0 Å². The van der Waals surface area contributed by atoms with Crippen molar-refractivity contribution in [2.75, 3.05) is 10.0 Å². The van der Waals surface area contributed by atoms with E-state index < -0.39 is 20.7 Å². The molecule has 0 atom stereocenters. The minimum Gasteiger partial charge on any atom is -0.354 e. The van der Waals surface area contributed by atoms with Crippen molar-refractivity contribution in [3.05, 3.63) is 54.1 Å². The van der Waals surface area contributed by atoms with Crippen LogP contribution in [0.1, 0.15) is 12.0 Å². The van der Waals surface area contributed by atoms with E-state index in [9.17, 15) is 17.6 Å². The molecular formula is C17H13FN4O4S. The van der Waals surface area contributed by atoms with Gasteiger partial charge < -0.3 is 9.84 Å². The average Bonchev–Trinajstić information content (AvgIpc) is 3.09. The molecule has 0 fully saturated rings. The summed E-state index contributed by atoms with van der Waals surface area (Å²) >= 11 is 0. The van der Waals surface area contributed by atoms with Crippen molar-refractivity contribution in [3.63, 3.8) is 0 Å². The Labute approximate surface area is 153 Å². The van der Waals surface area contributed by atoms with E-state index in [0.29, 0.717) is 23.3 Å². The third kappa shape index (κ3) is 3.38. The Hall–Kier alpha value is -3.27. The van der Waals surface area contributed by atoms with Crippen molar-refractivity contribution in [2.45, 2.75) is 17.7 Å². The van der Waals surface area contributed by atoms with Crippen LogP contribution in [0.4, 0.5) is 15.9 Å². The summed E-state index contributed by atoms with van der Waals surface area (Å²) < 4.78 is 46.8. The maximum absolute atomic E-state index is 14.4. The second kappa shape index (κ2) is 6.47. The number of nitrogens with one attached hydrogen (secondary N) is 2. The third-order valence-corrected chi connectivity index (χ3v) is 5.41. The molecule has 1 aliphatic heterocycles. The number of aromatic nitrogens is 2.